The molecule has 110 valence electrons. The fourth-order valence-corrected chi connectivity index (χ4v) is 2.15. The van der Waals surface area contributed by atoms with E-state index < -0.39 is 18.0 Å². The minimum atomic E-state index is -4.51. The number of alkyl halides is 3. The van der Waals surface area contributed by atoms with Crippen molar-refractivity contribution in [3.63, 3.8) is 0 Å². The summed E-state index contributed by atoms with van der Waals surface area (Å²) in [6.07, 6.45) is -2.90. The Balaban J connectivity index is 1.98. The van der Waals surface area contributed by atoms with Crippen LogP contribution in [-0.4, -0.2) is 34.0 Å². The molecule has 0 aromatic carbocycles. The van der Waals surface area contributed by atoms with Crippen molar-refractivity contribution >= 4 is 5.91 Å². The summed E-state index contributed by atoms with van der Waals surface area (Å²) in [7, 11) is 0. The van der Waals surface area contributed by atoms with Crippen molar-refractivity contribution in [2.75, 3.05) is 13.1 Å². The summed E-state index contributed by atoms with van der Waals surface area (Å²) in [4.78, 5) is 16.7. The average Bonchev–Trinajstić information content (AvgIpc) is 2.91. The van der Waals surface area contributed by atoms with Crippen LogP contribution < -0.4 is 0 Å². The third kappa shape index (κ3) is 3.47. The van der Waals surface area contributed by atoms with Gasteiger partial charge in [-0.05, 0) is 24.5 Å². The number of rotatable bonds is 3. The van der Waals surface area contributed by atoms with Crippen molar-refractivity contribution in [2.24, 2.45) is 0 Å². The maximum Gasteiger partial charge on any atom is 0.433 e. The van der Waals surface area contributed by atoms with Crippen LogP contribution in [0.5, 0.6) is 0 Å². The van der Waals surface area contributed by atoms with Gasteiger partial charge in [0.1, 0.15) is 5.69 Å². The highest BCUT2D eigenvalue weighted by molar-refractivity contribution is 5.77. The number of carbonyl (C=O) groups excluding carboxylic acids is 1. The van der Waals surface area contributed by atoms with Gasteiger partial charge in [0.2, 0.25) is 5.91 Å². The summed E-state index contributed by atoms with van der Waals surface area (Å²) in [5.74, 6) is -0.185. The molecule has 0 radical (unpaired) electrons. The third-order valence-corrected chi connectivity index (χ3v) is 3.29. The first-order valence-corrected chi connectivity index (χ1v) is 6.37. The molecule has 2 heterocycles. The Hall–Kier alpha value is -1.63. The van der Waals surface area contributed by atoms with Gasteiger partial charge in [0, 0.05) is 19.3 Å². The van der Waals surface area contributed by atoms with Crippen LogP contribution in [0.25, 0.3) is 0 Å². The molecule has 0 bridgehead atoms. The molecule has 1 unspecified atom stereocenters. The molecule has 0 saturated carbocycles. The van der Waals surface area contributed by atoms with E-state index in [1.807, 2.05) is 0 Å². The zero-order valence-corrected chi connectivity index (χ0v) is 10.7. The van der Waals surface area contributed by atoms with Gasteiger partial charge in [-0.25, -0.2) is 0 Å². The third-order valence-electron chi connectivity index (χ3n) is 3.29. The van der Waals surface area contributed by atoms with Crippen molar-refractivity contribution < 1.29 is 23.1 Å². The van der Waals surface area contributed by atoms with Crippen LogP contribution in [0.1, 0.15) is 36.6 Å². The molecule has 0 spiro atoms. The first-order chi connectivity index (χ1) is 9.38. The van der Waals surface area contributed by atoms with E-state index in [4.69, 9.17) is 0 Å². The number of halogens is 3. The van der Waals surface area contributed by atoms with Crippen LogP contribution in [0.4, 0.5) is 13.2 Å². The Kier molecular flexibility index (Phi) is 4.27. The summed E-state index contributed by atoms with van der Waals surface area (Å²) in [6.45, 7) is 1.35. The van der Waals surface area contributed by atoms with E-state index in [1.54, 1.807) is 4.90 Å². The maximum atomic E-state index is 12.3. The van der Waals surface area contributed by atoms with Gasteiger partial charge < -0.3 is 10.0 Å². The number of hydrogen-bond acceptors (Lipinski definition) is 3. The maximum absolute atomic E-state index is 12.3. The summed E-state index contributed by atoms with van der Waals surface area (Å²) in [6, 6.07) is 1.95. The molecule has 7 heteroatoms. The average molecular weight is 288 g/mol. The van der Waals surface area contributed by atoms with E-state index in [9.17, 15) is 23.1 Å². The number of aliphatic hydroxyl groups is 1. The van der Waals surface area contributed by atoms with Crippen LogP contribution >= 0.6 is 0 Å². The molecule has 1 amide bonds. The number of carbonyl (C=O) groups is 1. The molecule has 0 aliphatic carbocycles. The van der Waals surface area contributed by atoms with E-state index in [0.29, 0.717) is 13.1 Å². The zero-order chi connectivity index (χ0) is 14.8. The van der Waals surface area contributed by atoms with Crippen molar-refractivity contribution in [3.05, 3.63) is 29.6 Å². The number of amides is 1. The Morgan fingerprint density at radius 1 is 1.35 bits per heavy atom. The van der Waals surface area contributed by atoms with Gasteiger partial charge >= 0.3 is 6.18 Å². The lowest BCUT2D eigenvalue weighted by Crippen LogP contribution is -2.28. The van der Waals surface area contributed by atoms with Gasteiger partial charge in [0.15, 0.2) is 0 Å². The lowest BCUT2D eigenvalue weighted by Gasteiger charge is -2.18. The Labute approximate surface area is 114 Å². The highest BCUT2D eigenvalue weighted by Gasteiger charge is 2.32. The molecular weight excluding hydrogens is 273 g/mol. The van der Waals surface area contributed by atoms with E-state index in [-0.39, 0.29) is 17.9 Å². The SMILES string of the molecule is O=C(CC(O)c1ccc(C(F)(F)F)nc1)N1CCCC1. The van der Waals surface area contributed by atoms with Crippen molar-refractivity contribution in [3.8, 4) is 0 Å². The molecule has 1 aliphatic rings. The predicted octanol–water partition coefficient (Wildman–Crippen LogP) is 2.15. The van der Waals surface area contributed by atoms with E-state index in [0.717, 1.165) is 31.2 Å². The van der Waals surface area contributed by atoms with Gasteiger partial charge in [-0.3, -0.25) is 9.78 Å². The van der Waals surface area contributed by atoms with Gasteiger partial charge in [-0.2, -0.15) is 13.2 Å². The van der Waals surface area contributed by atoms with Crippen molar-refractivity contribution in [1.82, 2.24) is 9.88 Å². The molecule has 1 N–H and O–H groups in total. The normalized spacial score (nSPS) is 17.3. The lowest BCUT2D eigenvalue weighted by molar-refractivity contribution is -0.141. The summed E-state index contributed by atoms with van der Waals surface area (Å²) in [5, 5.41) is 9.88. The van der Waals surface area contributed by atoms with Gasteiger partial charge in [0.25, 0.3) is 0 Å². The minimum Gasteiger partial charge on any atom is -0.388 e. The first kappa shape index (κ1) is 14.8. The van der Waals surface area contributed by atoms with Gasteiger partial charge in [-0.1, -0.05) is 6.07 Å². The lowest BCUT2D eigenvalue weighted by atomic mass is 10.1. The number of nitrogens with zero attached hydrogens (tertiary/aromatic N) is 2. The molecule has 1 fully saturated rings. The van der Waals surface area contributed by atoms with Gasteiger partial charge in [0.05, 0.1) is 12.5 Å². The number of hydrogen-bond donors (Lipinski definition) is 1. The second-order valence-corrected chi connectivity index (χ2v) is 4.78. The minimum absolute atomic E-state index is 0.132. The molecule has 1 aliphatic heterocycles. The van der Waals surface area contributed by atoms with Crippen LogP contribution in [0.2, 0.25) is 0 Å². The summed E-state index contributed by atoms with van der Waals surface area (Å²) >= 11 is 0. The molecule has 1 aromatic rings. The number of aliphatic hydroxyl groups excluding tert-OH is 1. The van der Waals surface area contributed by atoms with Crippen LogP contribution in [0.3, 0.4) is 0 Å². The number of likely N-dealkylation sites (tertiary alicyclic amines) is 1. The Bertz CT molecular complexity index is 467. The second kappa shape index (κ2) is 5.78. The van der Waals surface area contributed by atoms with Crippen LogP contribution in [0, 0.1) is 0 Å². The Morgan fingerprint density at radius 2 is 2.00 bits per heavy atom. The van der Waals surface area contributed by atoms with E-state index in [2.05, 4.69) is 4.98 Å². The second-order valence-electron chi connectivity index (χ2n) is 4.78. The molecular formula is C13H15F3N2O2. The highest BCUT2D eigenvalue weighted by atomic mass is 19.4. The standard InChI is InChI=1S/C13H15F3N2O2/c14-13(15,16)11-4-3-9(8-17-11)10(19)7-12(20)18-5-1-2-6-18/h3-4,8,10,19H,1-2,5-7H2. The summed E-state index contributed by atoms with van der Waals surface area (Å²) in [5.41, 5.74) is -0.801. The molecule has 2 rings (SSSR count). The smallest absolute Gasteiger partial charge is 0.388 e. The molecule has 4 nitrogen and oxygen atoms in total. The topological polar surface area (TPSA) is 53.4 Å². The van der Waals surface area contributed by atoms with Gasteiger partial charge in [-0.15, -0.1) is 0 Å². The molecule has 20 heavy (non-hydrogen) atoms. The monoisotopic (exact) mass is 288 g/mol. The largest absolute Gasteiger partial charge is 0.433 e. The van der Waals surface area contributed by atoms with Crippen LogP contribution in [0.15, 0.2) is 18.3 Å². The fourth-order valence-electron chi connectivity index (χ4n) is 2.15. The van der Waals surface area contributed by atoms with Crippen molar-refractivity contribution in [2.45, 2.75) is 31.5 Å². The predicted molar refractivity (Wildman–Crippen MR) is 64.6 cm³/mol. The molecule has 1 aromatic heterocycles. The number of pyridine rings is 1. The Morgan fingerprint density at radius 3 is 2.50 bits per heavy atom. The first-order valence-electron chi connectivity index (χ1n) is 6.37. The molecule has 1 atom stereocenters. The fraction of sp³-hybridized carbons (Fsp3) is 0.538. The van der Waals surface area contributed by atoms with E-state index in [1.165, 1.54) is 0 Å². The number of aromatic nitrogens is 1. The van der Waals surface area contributed by atoms with Crippen molar-refractivity contribution in [1.29, 1.82) is 0 Å². The zero-order valence-electron chi connectivity index (χ0n) is 10.7. The highest BCUT2D eigenvalue weighted by Crippen LogP contribution is 2.28. The molecule has 1 saturated heterocycles. The van der Waals surface area contributed by atoms with E-state index >= 15 is 0 Å². The summed E-state index contributed by atoms with van der Waals surface area (Å²) < 4.78 is 37.0. The van der Waals surface area contributed by atoms with Crippen LogP contribution in [-0.2, 0) is 11.0 Å². The quantitative estimate of drug-likeness (QED) is 0.927.